The molecule has 0 spiro atoms. The van der Waals surface area contributed by atoms with Crippen LogP contribution in [0.5, 0.6) is 0 Å². The predicted octanol–water partition coefficient (Wildman–Crippen LogP) is 2.48. The second-order valence-electron chi connectivity index (χ2n) is 5.17. The summed E-state index contributed by atoms with van der Waals surface area (Å²) in [4.78, 5) is 3.32. The zero-order valence-corrected chi connectivity index (χ0v) is 12.3. The summed E-state index contributed by atoms with van der Waals surface area (Å²) in [5.41, 5.74) is 2.70. The molecule has 1 aromatic carbocycles. The SMILES string of the molecule is C1=C(c2nn3cnnc3s2)CCN(Cc2ccccc2)C1. The zero-order valence-electron chi connectivity index (χ0n) is 11.5. The third kappa shape index (κ3) is 2.59. The Labute approximate surface area is 126 Å². The van der Waals surface area contributed by atoms with Crippen molar-refractivity contribution in [2.24, 2.45) is 0 Å². The van der Waals surface area contributed by atoms with Gasteiger partial charge >= 0.3 is 0 Å². The molecule has 6 heteroatoms. The highest BCUT2D eigenvalue weighted by Crippen LogP contribution is 2.26. The molecule has 0 bridgehead atoms. The fourth-order valence-corrected chi connectivity index (χ4v) is 3.47. The van der Waals surface area contributed by atoms with E-state index in [-0.39, 0.29) is 0 Å². The largest absolute Gasteiger partial charge is 0.295 e. The number of nitrogens with zero attached hydrogens (tertiary/aromatic N) is 5. The van der Waals surface area contributed by atoms with E-state index in [2.05, 4.69) is 56.6 Å². The van der Waals surface area contributed by atoms with Crippen LogP contribution in [0.3, 0.4) is 0 Å². The number of hydrogen-bond acceptors (Lipinski definition) is 5. The lowest BCUT2D eigenvalue weighted by Crippen LogP contribution is -2.27. The van der Waals surface area contributed by atoms with Crippen LogP contribution < -0.4 is 0 Å². The van der Waals surface area contributed by atoms with E-state index in [1.807, 2.05) is 0 Å². The first-order chi connectivity index (χ1) is 10.4. The fraction of sp³-hybridized carbons (Fsp3) is 0.267. The van der Waals surface area contributed by atoms with Crippen LogP contribution in [0.4, 0.5) is 0 Å². The number of benzene rings is 1. The highest BCUT2D eigenvalue weighted by Gasteiger charge is 2.16. The predicted molar refractivity (Wildman–Crippen MR) is 83.0 cm³/mol. The molecule has 0 N–H and O–H groups in total. The van der Waals surface area contributed by atoms with Gasteiger partial charge in [-0.15, -0.1) is 10.2 Å². The van der Waals surface area contributed by atoms with Crippen molar-refractivity contribution in [3.63, 3.8) is 0 Å². The molecule has 0 saturated heterocycles. The van der Waals surface area contributed by atoms with E-state index >= 15 is 0 Å². The summed E-state index contributed by atoms with van der Waals surface area (Å²) >= 11 is 1.61. The zero-order chi connectivity index (χ0) is 14.1. The first-order valence-electron chi connectivity index (χ1n) is 7.01. The van der Waals surface area contributed by atoms with Crippen molar-refractivity contribution in [2.45, 2.75) is 13.0 Å². The van der Waals surface area contributed by atoms with E-state index in [0.29, 0.717) is 0 Å². The number of hydrogen-bond donors (Lipinski definition) is 0. The van der Waals surface area contributed by atoms with E-state index in [1.165, 1.54) is 11.1 Å². The van der Waals surface area contributed by atoms with Gasteiger partial charge in [-0.05, 0) is 17.6 Å². The van der Waals surface area contributed by atoms with Gasteiger partial charge in [-0.1, -0.05) is 47.7 Å². The van der Waals surface area contributed by atoms with Crippen LogP contribution in [0.2, 0.25) is 0 Å². The van der Waals surface area contributed by atoms with Gasteiger partial charge in [0.25, 0.3) is 0 Å². The van der Waals surface area contributed by atoms with Crippen LogP contribution in [0, 0.1) is 0 Å². The summed E-state index contributed by atoms with van der Waals surface area (Å²) in [7, 11) is 0. The van der Waals surface area contributed by atoms with Crippen molar-refractivity contribution in [2.75, 3.05) is 13.1 Å². The van der Waals surface area contributed by atoms with Gasteiger partial charge in [-0.25, -0.2) is 0 Å². The highest BCUT2D eigenvalue weighted by molar-refractivity contribution is 7.17. The van der Waals surface area contributed by atoms with Crippen LogP contribution in [-0.2, 0) is 6.54 Å². The normalized spacial score (nSPS) is 16.3. The molecule has 0 amide bonds. The molecule has 3 aromatic rings. The maximum absolute atomic E-state index is 4.53. The monoisotopic (exact) mass is 297 g/mol. The van der Waals surface area contributed by atoms with E-state index in [0.717, 1.165) is 36.0 Å². The Hall–Kier alpha value is -2.05. The van der Waals surface area contributed by atoms with Gasteiger partial charge in [0, 0.05) is 19.6 Å². The van der Waals surface area contributed by atoms with Crippen molar-refractivity contribution in [3.05, 3.63) is 53.3 Å². The van der Waals surface area contributed by atoms with Gasteiger partial charge in [0.05, 0.1) is 0 Å². The molecule has 0 aliphatic carbocycles. The molecule has 0 saturated carbocycles. The minimum absolute atomic E-state index is 0.859. The van der Waals surface area contributed by atoms with E-state index in [4.69, 9.17) is 0 Å². The number of aromatic nitrogens is 4. The maximum Gasteiger partial charge on any atom is 0.234 e. The molecule has 1 aliphatic heterocycles. The topological polar surface area (TPSA) is 46.3 Å². The summed E-state index contributed by atoms with van der Waals surface area (Å²) in [5, 5.41) is 13.5. The summed E-state index contributed by atoms with van der Waals surface area (Å²) in [6, 6.07) is 10.6. The molecule has 0 unspecified atom stereocenters. The first-order valence-corrected chi connectivity index (χ1v) is 7.83. The van der Waals surface area contributed by atoms with Gasteiger partial charge in [0.1, 0.15) is 11.3 Å². The van der Waals surface area contributed by atoms with Crippen LogP contribution in [0.25, 0.3) is 10.5 Å². The Bertz CT molecular complexity index is 745. The fourth-order valence-electron chi connectivity index (χ4n) is 2.58. The Kier molecular flexibility index (Phi) is 3.25. The van der Waals surface area contributed by atoms with Crippen LogP contribution in [0.15, 0.2) is 42.7 Å². The lowest BCUT2D eigenvalue weighted by Gasteiger charge is -2.25. The van der Waals surface area contributed by atoms with E-state index in [1.54, 1.807) is 22.2 Å². The second kappa shape index (κ2) is 5.38. The standard InChI is InChI=1S/C15H15N5S/c1-2-4-12(5-3-1)10-19-8-6-13(7-9-19)14-18-20-11-16-17-15(20)21-14/h1-6,11H,7-10H2. The molecule has 106 valence electrons. The van der Waals surface area contributed by atoms with Gasteiger partial charge in [0.15, 0.2) is 0 Å². The Morgan fingerprint density at radius 2 is 2.10 bits per heavy atom. The molecular formula is C15H15N5S. The third-order valence-corrected chi connectivity index (χ3v) is 4.69. The summed E-state index contributed by atoms with van der Waals surface area (Å²) in [5.74, 6) is 0. The van der Waals surface area contributed by atoms with Gasteiger partial charge in [-0.3, -0.25) is 4.90 Å². The van der Waals surface area contributed by atoms with E-state index in [9.17, 15) is 0 Å². The van der Waals surface area contributed by atoms with Crippen LogP contribution in [-0.4, -0.2) is 37.8 Å². The smallest absolute Gasteiger partial charge is 0.234 e. The quantitative estimate of drug-likeness (QED) is 0.745. The molecule has 0 atom stereocenters. The van der Waals surface area contributed by atoms with Gasteiger partial charge in [-0.2, -0.15) is 9.61 Å². The third-order valence-electron chi connectivity index (χ3n) is 3.70. The number of rotatable bonds is 3. The maximum atomic E-state index is 4.53. The lowest BCUT2D eigenvalue weighted by atomic mass is 10.1. The van der Waals surface area contributed by atoms with Crippen LogP contribution in [0.1, 0.15) is 17.0 Å². The van der Waals surface area contributed by atoms with Crippen molar-refractivity contribution in [1.29, 1.82) is 0 Å². The molecule has 2 aromatic heterocycles. The lowest BCUT2D eigenvalue weighted by molar-refractivity contribution is 0.294. The first kappa shape index (κ1) is 12.7. The summed E-state index contributed by atoms with van der Waals surface area (Å²) < 4.78 is 1.75. The van der Waals surface area contributed by atoms with Crippen LogP contribution >= 0.6 is 11.3 Å². The van der Waals surface area contributed by atoms with Gasteiger partial charge < -0.3 is 0 Å². The summed E-state index contributed by atoms with van der Waals surface area (Å²) in [6.07, 6.45) is 4.98. The molecular weight excluding hydrogens is 282 g/mol. The molecule has 4 rings (SSSR count). The molecule has 0 radical (unpaired) electrons. The Morgan fingerprint density at radius 3 is 2.86 bits per heavy atom. The minimum Gasteiger partial charge on any atom is -0.295 e. The Balaban J connectivity index is 1.47. The molecule has 1 aliphatic rings. The van der Waals surface area contributed by atoms with Crippen molar-refractivity contribution >= 4 is 21.9 Å². The van der Waals surface area contributed by atoms with E-state index < -0.39 is 0 Å². The molecule has 5 nitrogen and oxygen atoms in total. The van der Waals surface area contributed by atoms with Gasteiger partial charge in [0.2, 0.25) is 4.96 Å². The second-order valence-corrected chi connectivity index (χ2v) is 6.12. The van der Waals surface area contributed by atoms with Crippen molar-refractivity contribution < 1.29 is 0 Å². The van der Waals surface area contributed by atoms with Crippen molar-refractivity contribution in [3.8, 4) is 0 Å². The van der Waals surface area contributed by atoms with Crippen molar-refractivity contribution in [1.82, 2.24) is 24.7 Å². The molecule has 21 heavy (non-hydrogen) atoms. The average molecular weight is 297 g/mol. The highest BCUT2D eigenvalue weighted by atomic mass is 32.1. The average Bonchev–Trinajstić information content (AvgIpc) is 3.10. The summed E-state index contributed by atoms with van der Waals surface area (Å²) in [6.45, 7) is 3.06. The number of fused-ring (bicyclic) bond motifs is 1. The minimum atomic E-state index is 0.859. The molecule has 3 heterocycles. The Morgan fingerprint density at radius 1 is 1.19 bits per heavy atom. The molecule has 0 fully saturated rings.